The second-order valence-electron chi connectivity index (χ2n) is 5.90. The van der Waals surface area contributed by atoms with E-state index in [2.05, 4.69) is 13.8 Å². The molecule has 4 nitrogen and oxygen atoms in total. The van der Waals surface area contributed by atoms with Crippen LogP contribution in [0.4, 0.5) is 0 Å². The number of hydrogen-bond donors (Lipinski definition) is 0. The van der Waals surface area contributed by atoms with Crippen molar-refractivity contribution >= 4 is 13.8 Å². The highest BCUT2D eigenvalue weighted by atomic mass is 31.1. The molecule has 0 saturated carbocycles. The second kappa shape index (κ2) is 11.3. The van der Waals surface area contributed by atoms with Gasteiger partial charge in [-0.1, -0.05) is 34.6 Å². The summed E-state index contributed by atoms with van der Waals surface area (Å²) >= 11 is 0. The first-order valence-corrected chi connectivity index (χ1v) is 9.33. The highest BCUT2D eigenvalue weighted by molar-refractivity contribution is 7.45. The monoisotopic (exact) mass is 306 g/mol. The van der Waals surface area contributed by atoms with Crippen molar-refractivity contribution in [3.63, 3.8) is 0 Å². The van der Waals surface area contributed by atoms with Crippen LogP contribution >= 0.6 is 7.80 Å². The van der Waals surface area contributed by atoms with Crippen LogP contribution in [0, 0.1) is 11.8 Å². The molecule has 20 heavy (non-hydrogen) atoms. The lowest BCUT2D eigenvalue weighted by molar-refractivity contribution is -0.143. The molecule has 0 aromatic rings. The van der Waals surface area contributed by atoms with Gasteiger partial charge in [0, 0.05) is 24.8 Å². The number of carbonyl (C=O) groups is 1. The molecule has 2 atom stereocenters. The average Bonchev–Trinajstić information content (AvgIpc) is 2.37. The molecule has 120 valence electrons. The van der Waals surface area contributed by atoms with Crippen molar-refractivity contribution in [2.45, 2.75) is 53.1 Å². The van der Waals surface area contributed by atoms with Crippen molar-refractivity contribution in [1.29, 1.82) is 0 Å². The Morgan fingerprint density at radius 2 is 1.80 bits per heavy atom. The molecular formula is C15H31O4P. The quantitative estimate of drug-likeness (QED) is 0.332. The zero-order valence-electron chi connectivity index (χ0n) is 13.6. The standard InChI is InChI=1S/C15H31O4P/c1-6-15(16)19-11-14(13(4)5)20(17)10-9-18-8-7-12(2)3/h12-14,20H,6-11H2,1-5H3. The van der Waals surface area contributed by atoms with Gasteiger partial charge < -0.3 is 14.0 Å². The number of carbonyl (C=O) groups excluding carboxylic acids is 1. The van der Waals surface area contributed by atoms with Crippen LogP contribution in [0.25, 0.3) is 0 Å². The summed E-state index contributed by atoms with van der Waals surface area (Å²) in [4.78, 5) is 11.2. The minimum Gasteiger partial charge on any atom is -0.465 e. The molecular weight excluding hydrogens is 275 g/mol. The molecule has 0 rings (SSSR count). The molecule has 0 aromatic carbocycles. The van der Waals surface area contributed by atoms with E-state index in [9.17, 15) is 9.36 Å². The maximum absolute atomic E-state index is 12.3. The Bertz CT molecular complexity index is 290. The molecule has 0 aliphatic rings. The van der Waals surface area contributed by atoms with Crippen LogP contribution in [0.5, 0.6) is 0 Å². The van der Waals surface area contributed by atoms with Gasteiger partial charge in [0.05, 0.1) is 14.4 Å². The van der Waals surface area contributed by atoms with E-state index in [1.807, 2.05) is 13.8 Å². The van der Waals surface area contributed by atoms with E-state index in [0.29, 0.717) is 25.1 Å². The van der Waals surface area contributed by atoms with E-state index in [4.69, 9.17) is 9.47 Å². The lowest BCUT2D eigenvalue weighted by Gasteiger charge is -2.20. The van der Waals surface area contributed by atoms with E-state index in [-0.39, 0.29) is 24.2 Å². The molecule has 0 N–H and O–H groups in total. The van der Waals surface area contributed by atoms with Crippen molar-refractivity contribution < 1.29 is 18.8 Å². The maximum Gasteiger partial charge on any atom is 0.305 e. The summed E-state index contributed by atoms with van der Waals surface area (Å²) in [5.74, 6) is 0.657. The lowest BCUT2D eigenvalue weighted by Crippen LogP contribution is -2.22. The van der Waals surface area contributed by atoms with E-state index in [1.54, 1.807) is 6.92 Å². The molecule has 0 bridgehead atoms. The van der Waals surface area contributed by atoms with Crippen LogP contribution in [0.15, 0.2) is 0 Å². The van der Waals surface area contributed by atoms with Crippen molar-refractivity contribution in [2.75, 3.05) is 26.0 Å². The topological polar surface area (TPSA) is 52.6 Å². The Morgan fingerprint density at radius 1 is 1.15 bits per heavy atom. The second-order valence-corrected chi connectivity index (χ2v) is 8.07. The van der Waals surface area contributed by atoms with Gasteiger partial charge in [0.25, 0.3) is 0 Å². The van der Waals surface area contributed by atoms with E-state index in [0.717, 1.165) is 13.0 Å². The Hall–Kier alpha value is -0.340. The average molecular weight is 306 g/mol. The van der Waals surface area contributed by atoms with Crippen LogP contribution in [0.1, 0.15) is 47.5 Å². The fraction of sp³-hybridized carbons (Fsp3) is 0.933. The molecule has 0 fully saturated rings. The third kappa shape index (κ3) is 9.55. The Labute approximate surface area is 124 Å². The Balaban J connectivity index is 4.00. The fourth-order valence-corrected chi connectivity index (χ4v) is 3.45. The molecule has 5 heteroatoms. The number of ether oxygens (including phenoxy) is 2. The summed E-state index contributed by atoms with van der Waals surface area (Å²) in [5.41, 5.74) is -0.0378. The smallest absolute Gasteiger partial charge is 0.305 e. The normalized spacial score (nSPS) is 14.6. The third-order valence-electron chi connectivity index (χ3n) is 3.26. The molecule has 0 aliphatic heterocycles. The SMILES string of the molecule is CCC(=O)OCC(C(C)C)[PH](=O)CCOCCC(C)C. The fourth-order valence-electron chi connectivity index (χ4n) is 1.72. The first-order chi connectivity index (χ1) is 9.38. The maximum atomic E-state index is 12.3. The summed E-state index contributed by atoms with van der Waals surface area (Å²) in [7, 11) is -1.78. The van der Waals surface area contributed by atoms with Gasteiger partial charge in [-0.25, -0.2) is 0 Å². The molecule has 2 unspecified atom stereocenters. The van der Waals surface area contributed by atoms with Gasteiger partial charge in [-0.05, 0) is 18.3 Å². The van der Waals surface area contributed by atoms with E-state index < -0.39 is 7.80 Å². The van der Waals surface area contributed by atoms with Crippen molar-refractivity contribution in [3.05, 3.63) is 0 Å². The Kier molecular flexibility index (Phi) is 11.1. The molecule has 0 aromatic heterocycles. The predicted molar refractivity (Wildman–Crippen MR) is 84.0 cm³/mol. The number of esters is 1. The zero-order valence-corrected chi connectivity index (χ0v) is 14.6. The molecule has 0 saturated heterocycles. The van der Waals surface area contributed by atoms with Crippen LogP contribution in [0.2, 0.25) is 0 Å². The summed E-state index contributed by atoms with van der Waals surface area (Å²) in [5, 5.41) is 0. The van der Waals surface area contributed by atoms with Gasteiger partial charge in [-0.2, -0.15) is 0 Å². The van der Waals surface area contributed by atoms with Gasteiger partial charge in [0.15, 0.2) is 0 Å². The van der Waals surface area contributed by atoms with Gasteiger partial charge in [0.2, 0.25) is 0 Å². The summed E-state index contributed by atoms with van der Waals surface area (Å²) in [6.07, 6.45) is 1.97. The predicted octanol–water partition coefficient (Wildman–Crippen LogP) is 3.59. The first kappa shape index (κ1) is 19.7. The van der Waals surface area contributed by atoms with Crippen molar-refractivity contribution in [2.24, 2.45) is 11.8 Å². The van der Waals surface area contributed by atoms with E-state index in [1.165, 1.54) is 0 Å². The highest BCUT2D eigenvalue weighted by Crippen LogP contribution is 2.33. The van der Waals surface area contributed by atoms with Crippen molar-refractivity contribution in [1.82, 2.24) is 0 Å². The highest BCUT2D eigenvalue weighted by Gasteiger charge is 2.22. The molecule has 0 aliphatic carbocycles. The Morgan fingerprint density at radius 3 is 2.30 bits per heavy atom. The summed E-state index contributed by atoms with van der Waals surface area (Å²) < 4.78 is 22.9. The molecule has 0 radical (unpaired) electrons. The van der Waals surface area contributed by atoms with Crippen LogP contribution in [-0.4, -0.2) is 37.6 Å². The minimum absolute atomic E-state index is 0.0378. The first-order valence-electron chi connectivity index (χ1n) is 7.64. The largest absolute Gasteiger partial charge is 0.465 e. The number of rotatable bonds is 11. The third-order valence-corrected chi connectivity index (χ3v) is 5.62. The molecule has 0 heterocycles. The van der Waals surface area contributed by atoms with Gasteiger partial charge >= 0.3 is 5.97 Å². The van der Waals surface area contributed by atoms with E-state index >= 15 is 0 Å². The summed E-state index contributed by atoms with van der Waals surface area (Å²) in [6.45, 7) is 11.7. The molecule has 0 amide bonds. The zero-order chi connectivity index (χ0) is 15.5. The van der Waals surface area contributed by atoms with Crippen LogP contribution in [0.3, 0.4) is 0 Å². The number of hydrogen-bond acceptors (Lipinski definition) is 4. The van der Waals surface area contributed by atoms with Gasteiger partial charge in [-0.15, -0.1) is 0 Å². The minimum atomic E-state index is -1.78. The summed E-state index contributed by atoms with van der Waals surface area (Å²) in [6, 6.07) is 0. The molecule has 0 spiro atoms. The lowest BCUT2D eigenvalue weighted by atomic mass is 10.1. The van der Waals surface area contributed by atoms with Crippen molar-refractivity contribution in [3.8, 4) is 0 Å². The van der Waals surface area contributed by atoms with Crippen LogP contribution < -0.4 is 0 Å². The van der Waals surface area contributed by atoms with Gasteiger partial charge in [-0.3, -0.25) is 4.79 Å². The van der Waals surface area contributed by atoms with Gasteiger partial charge in [0.1, 0.15) is 6.61 Å². The van der Waals surface area contributed by atoms with Crippen LogP contribution in [-0.2, 0) is 18.8 Å².